The number of halogens is 1. The Labute approximate surface area is 113 Å². The van der Waals surface area contributed by atoms with Gasteiger partial charge in [-0.3, -0.25) is 0 Å². The third-order valence-electron chi connectivity index (χ3n) is 2.66. The van der Waals surface area contributed by atoms with Crippen molar-refractivity contribution < 1.29 is 15.0 Å². The Morgan fingerprint density at radius 3 is 2.67 bits per heavy atom. The van der Waals surface area contributed by atoms with E-state index in [9.17, 15) is 9.90 Å². The molecule has 0 aliphatic rings. The first-order valence-electron chi connectivity index (χ1n) is 5.40. The lowest BCUT2D eigenvalue weighted by atomic mass is 9.97. The van der Waals surface area contributed by atoms with Gasteiger partial charge in [-0.2, -0.15) is 0 Å². The number of aryl methyl sites for hydroxylation is 1. The van der Waals surface area contributed by atoms with Gasteiger partial charge in [0.25, 0.3) is 0 Å². The Morgan fingerprint density at radius 1 is 1.56 bits per heavy atom. The molecule has 0 amide bonds. The molecule has 0 aromatic heterocycles. The predicted molar refractivity (Wildman–Crippen MR) is 73.4 cm³/mol. The van der Waals surface area contributed by atoms with Crippen LogP contribution in [-0.4, -0.2) is 16.2 Å². The maximum Gasteiger partial charge on any atom is 0.335 e. The number of allylic oxidation sites excluding steroid dienone is 1. The van der Waals surface area contributed by atoms with Gasteiger partial charge in [-0.05, 0) is 37.5 Å². The molecular formula is C13H18ClNO3. The Morgan fingerprint density at radius 2 is 2.17 bits per heavy atom. The summed E-state index contributed by atoms with van der Waals surface area (Å²) in [4.78, 5) is 10.9. The maximum absolute atomic E-state index is 10.9. The molecule has 1 aromatic rings. The van der Waals surface area contributed by atoms with Gasteiger partial charge in [-0.25, -0.2) is 4.79 Å². The van der Waals surface area contributed by atoms with Crippen LogP contribution in [0.15, 0.2) is 24.8 Å². The van der Waals surface area contributed by atoms with Gasteiger partial charge in [0.05, 0.1) is 5.56 Å². The highest BCUT2D eigenvalue weighted by Crippen LogP contribution is 2.30. The molecule has 0 unspecified atom stereocenters. The van der Waals surface area contributed by atoms with Crippen molar-refractivity contribution in [1.82, 2.24) is 0 Å². The van der Waals surface area contributed by atoms with Crippen LogP contribution in [0.1, 0.15) is 40.4 Å². The number of aromatic hydroxyl groups is 1. The SMILES string of the molecule is C=CCC[C@H](N)c1cc(C(=O)O)cc(C)c1O.Cl. The van der Waals surface area contributed by atoms with Gasteiger partial charge in [0.1, 0.15) is 5.75 Å². The predicted octanol–water partition coefficient (Wildman–Crippen LogP) is 2.79. The monoisotopic (exact) mass is 271 g/mol. The van der Waals surface area contributed by atoms with Gasteiger partial charge in [0, 0.05) is 11.6 Å². The quantitative estimate of drug-likeness (QED) is 0.719. The molecule has 0 fully saturated rings. The first kappa shape index (κ1) is 16.5. The molecule has 4 nitrogen and oxygen atoms in total. The van der Waals surface area contributed by atoms with Gasteiger partial charge >= 0.3 is 5.97 Å². The second kappa shape index (κ2) is 7.03. The minimum absolute atomic E-state index is 0. The molecule has 18 heavy (non-hydrogen) atoms. The fraction of sp³-hybridized carbons (Fsp3) is 0.308. The maximum atomic E-state index is 10.9. The summed E-state index contributed by atoms with van der Waals surface area (Å²) in [6, 6.07) is 2.48. The van der Waals surface area contributed by atoms with E-state index in [-0.39, 0.29) is 29.8 Å². The smallest absolute Gasteiger partial charge is 0.335 e. The third-order valence-corrected chi connectivity index (χ3v) is 2.66. The van der Waals surface area contributed by atoms with Gasteiger partial charge in [-0.1, -0.05) is 6.08 Å². The molecule has 0 radical (unpaired) electrons. The van der Waals surface area contributed by atoms with Gasteiger partial charge in [-0.15, -0.1) is 19.0 Å². The number of carboxylic acid groups (broad SMARTS) is 1. The Hall–Kier alpha value is -1.52. The molecule has 1 aromatic carbocycles. The van der Waals surface area contributed by atoms with E-state index in [0.717, 1.165) is 6.42 Å². The zero-order chi connectivity index (χ0) is 13.0. The standard InChI is InChI=1S/C13H17NO3.ClH/c1-3-4-5-11(14)10-7-9(13(16)17)6-8(2)12(10)15;/h3,6-7,11,15H,1,4-5,14H2,2H3,(H,16,17);1H/t11-;/m0./s1. The fourth-order valence-electron chi connectivity index (χ4n) is 1.67. The van der Waals surface area contributed by atoms with Crippen LogP contribution in [0.2, 0.25) is 0 Å². The highest BCUT2D eigenvalue weighted by molar-refractivity contribution is 5.88. The molecule has 0 heterocycles. The average molecular weight is 272 g/mol. The number of phenols is 1. The van der Waals surface area contributed by atoms with E-state index in [0.29, 0.717) is 17.5 Å². The van der Waals surface area contributed by atoms with E-state index in [1.54, 1.807) is 13.0 Å². The summed E-state index contributed by atoms with van der Waals surface area (Å²) >= 11 is 0. The van der Waals surface area contributed by atoms with E-state index in [1.165, 1.54) is 12.1 Å². The van der Waals surface area contributed by atoms with Crippen LogP contribution < -0.4 is 5.73 Å². The van der Waals surface area contributed by atoms with Crippen molar-refractivity contribution in [2.75, 3.05) is 0 Å². The van der Waals surface area contributed by atoms with Crippen molar-refractivity contribution in [1.29, 1.82) is 0 Å². The zero-order valence-electron chi connectivity index (χ0n) is 10.2. The third kappa shape index (κ3) is 3.75. The van der Waals surface area contributed by atoms with Crippen molar-refractivity contribution in [2.45, 2.75) is 25.8 Å². The lowest BCUT2D eigenvalue weighted by molar-refractivity contribution is 0.0696. The summed E-state index contributed by atoms with van der Waals surface area (Å²) in [7, 11) is 0. The number of phenolic OH excluding ortho intramolecular Hbond substituents is 1. The van der Waals surface area contributed by atoms with Crippen LogP contribution in [0, 0.1) is 6.92 Å². The molecule has 0 aliphatic carbocycles. The average Bonchev–Trinajstić information content (AvgIpc) is 2.29. The van der Waals surface area contributed by atoms with Crippen molar-refractivity contribution in [3.8, 4) is 5.75 Å². The summed E-state index contributed by atoms with van der Waals surface area (Å²) in [5.41, 5.74) is 7.06. The molecule has 0 bridgehead atoms. The van der Waals surface area contributed by atoms with Gasteiger partial charge in [0.2, 0.25) is 0 Å². The van der Waals surface area contributed by atoms with Crippen LogP contribution in [-0.2, 0) is 0 Å². The number of rotatable bonds is 5. The van der Waals surface area contributed by atoms with E-state index in [2.05, 4.69) is 6.58 Å². The summed E-state index contributed by atoms with van der Waals surface area (Å²) in [5, 5.41) is 18.8. The number of nitrogens with two attached hydrogens (primary N) is 1. The lowest BCUT2D eigenvalue weighted by Gasteiger charge is -2.15. The van der Waals surface area contributed by atoms with E-state index in [1.807, 2.05) is 0 Å². The van der Waals surface area contributed by atoms with Crippen LogP contribution in [0.5, 0.6) is 5.75 Å². The fourth-order valence-corrected chi connectivity index (χ4v) is 1.67. The molecule has 4 N–H and O–H groups in total. The minimum atomic E-state index is -1.02. The number of hydrogen-bond acceptors (Lipinski definition) is 3. The topological polar surface area (TPSA) is 83.6 Å². The van der Waals surface area contributed by atoms with Crippen molar-refractivity contribution in [2.24, 2.45) is 5.73 Å². The molecule has 5 heteroatoms. The first-order chi connectivity index (χ1) is 7.97. The molecule has 0 spiro atoms. The largest absolute Gasteiger partial charge is 0.507 e. The Kier molecular flexibility index (Phi) is 6.44. The van der Waals surface area contributed by atoms with Crippen LogP contribution in [0.3, 0.4) is 0 Å². The van der Waals surface area contributed by atoms with Gasteiger partial charge < -0.3 is 15.9 Å². The van der Waals surface area contributed by atoms with Crippen molar-refractivity contribution in [3.05, 3.63) is 41.5 Å². The molecule has 0 saturated heterocycles. The first-order valence-corrected chi connectivity index (χ1v) is 5.40. The highest BCUT2D eigenvalue weighted by Gasteiger charge is 2.16. The van der Waals surface area contributed by atoms with Gasteiger partial charge in [0.15, 0.2) is 0 Å². The molecule has 100 valence electrons. The summed E-state index contributed by atoms with van der Waals surface area (Å²) in [5.74, 6) is -0.947. The number of carboxylic acids is 1. The Balaban J connectivity index is 0.00000289. The molecule has 1 atom stereocenters. The van der Waals surface area contributed by atoms with E-state index < -0.39 is 5.97 Å². The zero-order valence-corrected chi connectivity index (χ0v) is 11.0. The Bertz CT molecular complexity index is 446. The second-order valence-electron chi connectivity index (χ2n) is 4.01. The normalized spacial score (nSPS) is 11.4. The number of carbonyl (C=O) groups is 1. The number of benzene rings is 1. The second-order valence-corrected chi connectivity index (χ2v) is 4.01. The van der Waals surface area contributed by atoms with E-state index >= 15 is 0 Å². The van der Waals surface area contributed by atoms with E-state index in [4.69, 9.17) is 10.8 Å². The molecule has 0 aliphatic heterocycles. The summed E-state index contributed by atoms with van der Waals surface area (Å²) < 4.78 is 0. The van der Waals surface area contributed by atoms with Crippen molar-refractivity contribution >= 4 is 18.4 Å². The molecule has 1 rings (SSSR count). The summed E-state index contributed by atoms with van der Waals surface area (Å²) in [6.07, 6.45) is 3.08. The number of aromatic carboxylic acids is 1. The van der Waals surface area contributed by atoms with Crippen molar-refractivity contribution in [3.63, 3.8) is 0 Å². The number of hydrogen-bond donors (Lipinski definition) is 3. The molecule has 0 saturated carbocycles. The highest BCUT2D eigenvalue weighted by atomic mass is 35.5. The lowest BCUT2D eigenvalue weighted by Crippen LogP contribution is -2.12. The minimum Gasteiger partial charge on any atom is -0.507 e. The summed E-state index contributed by atoms with van der Waals surface area (Å²) in [6.45, 7) is 5.26. The molecular weight excluding hydrogens is 254 g/mol. The van der Waals surface area contributed by atoms with Crippen LogP contribution in [0.25, 0.3) is 0 Å². The van der Waals surface area contributed by atoms with Crippen LogP contribution in [0.4, 0.5) is 0 Å². The van der Waals surface area contributed by atoms with Crippen LogP contribution >= 0.6 is 12.4 Å².